The molecule has 178 valence electrons. The molecule has 0 fully saturated rings. The second-order valence-electron chi connectivity index (χ2n) is 7.65. The van der Waals surface area contributed by atoms with Crippen LogP contribution < -0.4 is 4.74 Å². The van der Waals surface area contributed by atoms with Crippen LogP contribution in [0.25, 0.3) is 0 Å². The van der Waals surface area contributed by atoms with Crippen molar-refractivity contribution in [2.75, 3.05) is 0 Å². The van der Waals surface area contributed by atoms with Crippen molar-refractivity contribution >= 4 is 5.97 Å². The number of benzene rings is 1. The first-order valence-electron chi connectivity index (χ1n) is 8.55. The number of carbonyl (C=O) groups excluding carboxylic acids is 1. The van der Waals surface area contributed by atoms with E-state index in [4.69, 9.17) is 4.74 Å². The van der Waals surface area contributed by atoms with Crippen molar-refractivity contribution in [2.45, 2.75) is 63.8 Å². The molecule has 1 rings (SSSR count). The van der Waals surface area contributed by atoms with Crippen LogP contribution >= 0.6 is 0 Å². The Morgan fingerprint density at radius 2 is 1.23 bits per heavy atom. The average molecular weight is 470 g/mol. The van der Waals surface area contributed by atoms with Gasteiger partial charge in [0.2, 0.25) is 0 Å². The van der Waals surface area contributed by atoms with Gasteiger partial charge in [-0.1, -0.05) is 6.92 Å². The summed E-state index contributed by atoms with van der Waals surface area (Å²) in [6, 6.07) is -0.0782. The molecule has 0 amide bonds. The topological polar surface area (TPSA) is 66.8 Å². The van der Waals surface area contributed by atoms with Crippen molar-refractivity contribution in [2.24, 2.45) is 5.41 Å². The molecular formula is C18H19F9O4. The first-order chi connectivity index (χ1) is 13.5. The first-order valence-corrected chi connectivity index (χ1v) is 8.55. The van der Waals surface area contributed by atoms with Gasteiger partial charge in [-0.3, -0.25) is 4.79 Å². The molecule has 0 bridgehead atoms. The lowest BCUT2D eigenvalue weighted by atomic mass is 9.86. The van der Waals surface area contributed by atoms with Crippen molar-refractivity contribution in [3.05, 3.63) is 29.3 Å². The lowest BCUT2D eigenvalue weighted by Gasteiger charge is -2.34. The molecule has 0 saturated carbocycles. The zero-order valence-electron chi connectivity index (χ0n) is 16.6. The van der Waals surface area contributed by atoms with Gasteiger partial charge in [0, 0.05) is 5.56 Å². The maximum absolute atomic E-state index is 13.2. The molecule has 0 aromatic heterocycles. The molecule has 0 heterocycles. The van der Waals surface area contributed by atoms with Gasteiger partial charge in [-0.25, -0.2) is 0 Å². The van der Waals surface area contributed by atoms with Gasteiger partial charge in [0.25, 0.3) is 5.60 Å². The Labute approximate surface area is 170 Å². The zero-order chi connectivity index (χ0) is 24.8. The number of hydrogen-bond acceptors (Lipinski definition) is 4. The molecular weight excluding hydrogens is 451 g/mol. The minimum Gasteiger partial charge on any atom is -0.426 e. The van der Waals surface area contributed by atoms with E-state index in [-0.39, 0.29) is 31.5 Å². The smallest absolute Gasteiger partial charge is 0.426 e. The second-order valence-corrected chi connectivity index (χ2v) is 7.65. The predicted octanol–water partition coefficient (Wildman–Crippen LogP) is 5.11. The fourth-order valence-electron chi connectivity index (χ4n) is 2.19. The number of halogens is 9. The molecule has 0 aliphatic rings. The van der Waals surface area contributed by atoms with Gasteiger partial charge in [0.1, 0.15) is 5.75 Å². The third kappa shape index (κ3) is 4.92. The van der Waals surface area contributed by atoms with Crippen LogP contribution in [-0.4, -0.2) is 34.7 Å². The zero-order valence-corrected chi connectivity index (χ0v) is 16.6. The normalized spacial score (nSPS) is 16.1. The summed E-state index contributed by atoms with van der Waals surface area (Å²) in [5.41, 5.74) is -14.5. The summed E-state index contributed by atoms with van der Waals surface area (Å²) in [5.74, 6) is -2.33. The van der Waals surface area contributed by atoms with E-state index in [9.17, 15) is 54.5 Å². The fraction of sp³-hybridized carbons (Fsp3) is 0.611. The van der Waals surface area contributed by atoms with Crippen LogP contribution in [0.1, 0.15) is 45.2 Å². The molecule has 1 atom stereocenters. The van der Waals surface area contributed by atoms with Crippen molar-refractivity contribution < 1.29 is 59.3 Å². The number of aliphatic hydroxyl groups is 2. The first kappa shape index (κ1) is 27.0. The van der Waals surface area contributed by atoms with Crippen LogP contribution in [-0.2, 0) is 16.0 Å². The van der Waals surface area contributed by atoms with Crippen LogP contribution in [0.5, 0.6) is 5.75 Å². The Hall–Kier alpha value is -2.02. The molecule has 0 spiro atoms. The van der Waals surface area contributed by atoms with E-state index in [1.807, 2.05) is 0 Å². The van der Waals surface area contributed by atoms with Crippen LogP contribution in [0.4, 0.5) is 39.5 Å². The lowest BCUT2D eigenvalue weighted by Crippen LogP contribution is -2.54. The molecule has 0 aliphatic heterocycles. The van der Waals surface area contributed by atoms with Crippen molar-refractivity contribution in [1.29, 1.82) is 0 Å². The minimum atomic E-state index is -6.42. The summed E-state index contributed by atoms with van der Waals surface area (Å²) in [6.07, 6.45) is -18.3. The number of rotatable bonds is 5. The number of hydrogen-bond donors (Lipinski definition) is 2. The molecule has 1 aromatic rings. The Bertz CT molecular complexity index is 807. The Balaban J connectivity index is 3.89. The summed E-state index contributed by atoms with van der Waals surface area (Å²) in [5, 5.41) is 19.3. The van der Waals surface area contributed by atoms with E-state index in [2.05, 4.69) is 0 Å². The van der Waals surface area contributed by atoms with Gasteiger partial charge < -0.3 is 14.9 Å². The molecule has 31 heavy (non-hydrogen) atoms. The van der Waals surface area contributed by atoms with Crippen molar-refractivity contribution in [1.82, 2.24) is 0 Å². The quantitative estimate of drug-likeness (QED) is 0.357. The minimum absolute atomic E-state index is 0.0550. The Kier molecular flexibility index (Phi) is 6.83. The number of carbonyl (C=O) groups is 1. The summed E-state index contributed by atoms with van der Waals surface area (Å²) in [6.45, 7) is 4.21. The highest BCUT2D eigenvalue weighted by molar-refractivity contribution is 5.78. The van der Waals surface area contributed by atoms with Crippen LogP contribution in [0, 0.1) is 5.41 Å². The Morgan fingerprint density at radius 3 is 1.58 bits per heavy atom. The van der Waals surface area contributed by atoms with Crippen LogP contribution in [0.3, 0.4) is 0 Å². The third-order valence-corrected chi connectivity index (χ3v) is 4.91. The second kappa shape index (κ2) is 7.84. The molecule has 0 radical (unpaired) electrons. The Morgan fingerprint density at radius 1 is 0.806 bits per heavy atom. The summed E-state index contributed by atoms with van der Waals surface area (Å²) < 4.78 is 124. The standard InChI is InChI=1S/C18H19F9O4/c1-5-13(2,3)12(28)31-11-7-9(14(4,29)16(19,20)21)6-10(8-11)15(30,17(22,23)24)18(25,26)27/h6-8,29-30H,5H2,1-4H3. The monoisotopic (exact) mass is 470 g/mol. The van der Waals surface area contributed by atoms with Gasteiger partial charge in [0.05, 0.1) is 5.41 Å². The van der Waals surface area contributed by atoms with Gasteiger partial charge in [-0.05, 0) is 51.0 Å². The van der Waals surface area contributed by atoms with Gasteiger partial charge in [-0.15, -0.1) is 0 Å². The molecule has 0 saturated heterocycles. The van der Waals surface area contributed by atoms with Gasteiger partial charge in [0.15, 0.2) is 5.60 Å². The maximum atomic E-state index is 13.2. The highest BCUT2D eigenvalue weighted by Crippen LogP contribution is 2.52. The predicted molar refractivity (Wildman–Crippen MR) is 87.8 cm³/mol. The number of ether oxygens (including phenoxy) is 1. The molecule has 4 nitrogen and oxygen atoms in total. The van der Waals surface area contributed by atoms with E-state index < -0.39 is 58.0 Å². The van der Waals surface area contributed by atoms with Crippen LogP contribution in [0.15, 0.2) is 18.2 Å². The average Bonchev–Trinajstić information content (AvgIpc) is 2.57. The third-order valence-electron chi connectivity index (χ3n) is 4.91. The highest BCUT2D eigenvalue weighted by Gasteiger charge is 2.71. The SMILES string of the molecule is CCC(C)(C)C(=O)Oc1cc(C(C)(O)C(F)(F)F)cc(C(O)(C(F)(F)F)C(F)(F)F)c1. The van der Waals surface area contributed by atoms with Crippen molar-refractivity contribution in [3.63, 3.8) is 0 Å². The fourth-order valence-corrected chi connectivity index (χ4v) is 2.19. The summed E-state index contributed by atoms with van der Waals surface area (Å²) >= 11 is 0. The molecule has 2 N–H and O–H groups in total. The van der Waals surface area contributed by atoms with Crippen molar-refractivity contribution in [3.8, 4) is 5.75 Å². The lowest BCUT2D eigenvalue weighted by molar-refractivity contribution is -0.376. The summed E-state index contributed by atoms with van der Waals surface area (Å²) in [4.78, 5) is 12.2. The molecule has 13 heteroatoms. The molecule has 0 aliphatic carbocycles. The van der Waals surface area contributed by atoms with E-state index in [1.54, 1.807) is 0 Å². The highest BCUT2D eigenvalue weighted by atomic mass is 19.4. The van der Waals surface area contributed by atoms with Gasteiger partial charge in [-0.2, -0.15) is 39.5 Å². The number of alkyl halides is 9. The van der Waals surface area contributed by atoms with E-state index in [0.717, 1.165) is 0 Å². The number of esters is 1. The molecule has 1 aromatic carbocycles. The van der Waals surface area contributed by atoms with E-state index in [1.165, 1.54) is 20.8 Å². The van der Waals surface area contributed by atoms with E-state index in [0.29, 0.717) is 0 Å². The van der Waals surface area contributed by atoms with Gasteiger partial charge >= 0.3 is 24.5 Å². The maximum Gasteiger partial charge on any atom is 0.430 e. The summed E-state index contributed by atoms with van der Waals surface area (Å²) in [7, 11) is 0. The largest absolute Gasteiger partial charge is 0.430 e. The van der Waals surface area contributed by atoms with Crippen LogP contribution in [0.2, 0.25) is 0 Å². The van der Waals surface area contributed by atoms with E-state index >= 15 is 0 Å². The molecule has 1 unspecified atom stereocenters.